The second-order valence-electron chi connectivity index (χ2n) is 14.6. The average molecular weight is 429 g/mol. The van der Waals surface area contributed by atoms with Gasteiger partial charge in [-0.15, -0.1) is 0 Å². The fourth-order valence-corrected chi connectivity index (χ4v) is 10.4. The van der Waals surface area contributed by atoms with Gasteiger partial charge in [-0.25, -0.2) is 0 Å². The maximum Gasteiger partial charge on any atom is 0.0594 e. The Labute approximate surface area is 191 Å². The van der Waals surface area contributed by atoms with Gasteiger partial charge in [-0.1, -0.05) is 60.1 Å². The first-order chi connectivity index (χ1) is 14.3. The fourth-order valence-electron chi connectivity index (χ4n) is 10.4. The summed E-state index contributed by atoms with van der Waals surface area (Å²) in [5.41, 5.74) is 2.77. The van der Waals surface area contributed by atoms with Gasteiger partial charge in [0.2, 0.25) is 0 Å². The van der Waals surface area contributed by atoms with Gasteiger partial charge in [-0.05, 0) is 109 Å². The van der Waals surface area contributed by atoms with Crippen molar-refractivity contribution in [2.75, 3.05) is 0 Å². The summed E-state index contributed by atoms with van der Waals surface area (Å²) < 4.78 is 0. The molecule has 5 aliphatic carbocycles. The molecule has 2 N–H and O–H groups in total. The summed E-state index contributed by atoms with van der Waals surface area (Å²) in [5.74, 6) is 2.29. The molecule has 0 heterocycles. The maximum absolute atomic E-state index is 11.4. The molecule has 0 spiro atoms. The Morgan fingerprint density at radius 1 is 0.806 bits per heavy atom. The molecular weight excluding hydrogens is 380 g/mol. The number of aliphatic hydroxyl groups is 2. The number of rotatable bonds is 0. The number of aliphatic hydroxyl groups excluding tert-OH is 2. The van der Waals surface area contributed by atoms with Crippen LogP contribution in [0.5, 0.6) is 0 Å². The summed E-state index contributed by atoms with van der Waals surface area (Å²) in [6.07, 6.45) is 12.8. The van der Waals surface area contributed by atoms with E-state index < -0.39 is 0 Å². The molecule has 5 aliphatic rings. The molecule has 4 fully saturated rings. The lowest BCUT2D eigenvalue weighted by atomic mass is 9.34. The van der Waals surface area contributed by atoms with Crippen LogP contribution in [0.25, 0.3) is 0 Å². The van der Waals surface area contributed by atoms with Crippen LogP contribution in [0.1, 0.15) is 106 Å². The Kier molecular flexibility index (Phi) is 4.80. The zero-order valence-corrected chi connectivity index (χ0v) is 21.3. The highest BCUT2D eigenvalue weighted by atomic mass is 16.3. The van der Waals surface area contributed by atoms with Gasteiger partial charge in [0.05, 0.1) is 12.2 Å². The minimum atomic E-state index is -0.165. The largest absolute Gasteiger partial charge is 0.393 e. The monoisotopic (exact) mass is 428 g/mol. The van der Waals surface area contributed by atoms with Crippen LogP contribution in [0.4, 0.5) is 0 Å². The van der Waals surface area contributed by atoms with Gasteiger partial charge < -0.3 is 10.2 Å². The van der Waals surface area contributed by atoms with Gasteiger partial charge in [-0.2, -0.15) is 0 Å². The van der Waals surface area contributed by atoms with E-state index in [0.717, 1.165) is 19.3 Å². The van der Waals surface area contributed by atoms with Crippen molar-refractivity contribution in [3.05, 3.63) is 11.6 Å². The zero-order valence-electron chi connectivity index (χ0n) is 21.3. The van der Waals surface area contributed by atoms with Crippen LogP contribution in [0, 0.1) is 50.7 Å². The minimum Gasteiger partial charge on any atom is -0.393 e. The standard InChI is InChI=1S/C29H48O2/c1-25(2)13-10-18-19(16-25)20-8-9-23-27(5)14-12-24(31)26(3,4)22(27)11-15-28(23,6)29(20,7)17-21(18)30/h8,18-19,21-24,30-31H,9-17H2,1-7H3/t18-,19-,21+,22+,23-,24+,27+,28-,29-/m1/s1. The number of hydrogen-bond donors (Lipinski definition) is 2. The highest BCUT2D eigenvalue weighted by Crippen LogP contribution is 2.74. The Morgan fingerprint density at radius 3 is 2.23 bits per heavy atom. The highest BCUT2D eigenvalue weighted by molar-refractivity contribution is 5.33. The Bertz CT molecular complexity index is 780. The maximum atomic E-state index is 11.4. The zero-order chi connectivity index (χ0) is 22.6. The summed E-state index contributed by atoms with van der Waals surface area (Å²) in [6, 6.07) is 0. The second-order valence-corrected chi connectivity index (χ2v) is 14.6. The molecule has 0 aromatic heterocycles. The summed E-state index contributed by atoms with van der Waals surface area (Å²) in [4.78, 5) is 0. The van der Waals surface area contributed by atoms with E-state index >= 15 is 0 Å². The van der Waals surface area contributed by atoms with Crippen LogP contribution in [0.3, 0.4) is 0 Å². The summed E-state index contributed by atoms with van der Waals surface area (Å²) in [5, 5.41) is 22.3. The molecule has 0 aromatic carbocycles. The third-order valence-corrected chi connectivity index (χ3v) is 12.5. The van der Waals surface area contributed by atoms with E-state index in [0.29, 0.717) is 29.1 Å². The second kappa shape index (κ2) is 6.62. The number of hydrogen-bond acceptors (Lipinski definition) is 2. The van der Waals surface area contributed by atoms with Crippen molar-refractivity contribution in [3.8, 4) is 0 Å². The topological polar surface area (TPSA) is 40.5 Å². The van der Waals surface area contributed by atoms with E-state index in [9.17, 15) is 10.2 Å². The van der Waals surface area contributed by atoms with Crippen molar-refractivity contribution in [2.45, 2.75) is 118 Å². The van der Waals surface area contributed by atoms with Crippen LogP contribution in [-0.2, 0) is 0 Å². The molecular formula is C29H48O2. The third-order valence-electron chi connectivity index (χ3n) is 12.5. The van der Waals surface area contributed by atoms with E-state index in [1.165, 1.54) is 38.5 Å². The van der Waals surface area contributed by atoms with Crippen LogP contribution in [0.15, 0.2) is 11.6 Å². The van der Waals surface area contributed by atoms with Crippen LogP contribution < -0.4 is 0 Å². The smallest absolute Gasteiger partial charge is 0.0594 e. The van der Waals surface area contributed by atoms with Gasteiger partial charge in [0, 0.05) is 0 Å². The van der Waals surface area contributed by atoms with E-state index in [-0.39, 0.29) is 33.9 Å². The van der Waals surface area contributed by atoms with Gasteiger partial charge in [-0.3, -0.25) is 0 Å². The minimum absolute atomic E-state index is 0.00376. The first kappa shape index (κ1) is 22.5. The Hall–Kier alpha value is -0.340. The molecule has 2 heteroatoms. The third kappa shape index (κ3) is 2.82. The van der Waals surface area contributed by atoms with Crippen LogP contribution in [-0.4, -0.2) is 22.4 Å². The molecule has 0 radical (unpaired) electrons. The Balaban J connectivity index is 1.58. The molecule has 2 nitrogen and oxygen atoms in total. The fraction of sp³-hybridized carbons (Fsp3) is 0.931. The van der Waals surface area contributed by atoms with E-state index in [2.05, 4.69) is 54.5 Å². The Morgan fingerprint density at radius 2 is 1.52 bits per heavy atom. The molecule has 0 amide bonds. The van der Waals surface area contributed by atoms with Gasteiger partial charge in [0.25, 0.3) is 0 Å². The van der Waals surface area contributed by atoms with Crippen molar-refractivity contribution in [1.29, 1.82) is 0 Å². The van der Waals surface area contributed by atoms with E-state index in [4.69, 9.17) is 0 Å². The summed E-state index contributed by atoms with van der Waals surface area (Å²) >= 11 is 0. The lowest BCUT2D eigenvalue weighted by Crippen LogP contribution is -2.65. The number of fused-ring (bicyclic) bond motifs is 7. The molecule has 0 aromatic rings. The van der Waals surface area contributed by atoms with Crippen molar-refractivity contribution in [1.82, 2.24) is 0 Å². The molecule has 4 saturated carbocycles. The molecule has 0 aliphatic heterocycles. The molecule has 5 rings (SSSR count). The molecule has 176 valence electrons. The number of allylic oxidation sites excluding steroid dienone is 2. The lowest BCUT2D eigenvalue weighted by Gasteiger charge is -2.70. The van der Waals surface area contributed by atoms with Crippen molar-refractivity contribution < 1.29 is 10.2 Å². The van der Waals surface area contributed by atoms with Crippen molar-refractivity contribution >= 4 is 0 Å². The first-order valence-corrected chi connectivity index (χ1v) is 13.3. The predicted octanol–water partition coefficient (Wildman–Crippen LogP) is 6.75. The van der Waals surface area contributed by atoms with Gasteiger partial charge in [0.15, 0.2) is 0 Å². The lowest BCUT2D eigenvalue weighted by molar-refractivity contribution is -0.206. The predicted molar refractivity (Wildman–Crippen MR) is 127 cm³/mol. The molecule has 9 atom stereocenters. The van der Waals surface area contributed by atoms with Crippen LogP contribution in [0.2, 0.25) is 0 Å². The normalized spacial score (nSPS) is 55.2. The molecule has 0 saturated heterocycles. The van der Waals surface area contributed by atoms with E-state index in [1.807, 2.05) is 0 Å². The van der Waals surface area contributed by atoms with Gasteiger partial charge >= 0.3 is 0 Å². The van der Waals surface area contributed by atoms with E-state index in [1.54, 1.807) is 5.57 Å². The molecule has 0 bridgehead atoms. The van der Waals surface area contributed by atoms with Crippen molar-refractivity contribution in [3.63, 3.8) is 0 Å². The average Bonchev–Trinajstić information content (AvgIpc) is 2.65. The highest BCUT2D eigenvalue weighted by Gasteiger charge is 2.67. The molecule has 0 unspecified atom stereocenters. The van der Waals surface area contributed by atoms with Crippen molar-refractivity contribution in [2.24, 2.45) is 50.7 Å². The summed E-state index contributed by atoms with van der Waals surface area (Å²) in [7, 11) is 0. The molecule has 31 heavy (non-hydrogen) atoms. The van der Waals surface area contributed by atoms with Crippen LogP contribution >= 0.6 is 0 Å². The quantitative estimate of drug-likeness (QED) is 0.419. The first-order valence-electron chi connectivity index (χ1n) is 13.3. The SMILES string of the molecule is CC1(C)CC[C@H]2[C@@H](O)C[C@]3(C)C(=CC[C@@H]4[C@@]5(C)CC[C@H](O)C(C)(C)[C@@H]5CC[C@]43C)[C@@H]2C1. The summed E-state index contributed by atoms with van der Waals surface area (Å²) in [6.45, 7) is 17.2. The van der Waals surface area contributed by atoms with Gasteiger partial charge in [0.1, 0.15) is 0 Å².